The molecule has 0 unspecified atom stereocenters. The fourth-order valence-electron chi connectivity index (χ4n) is 2.21. The van der Waals surface area contributed by atoms with Gasteiger partial charge in [0.15, 0.2) is 0 Å². The molecule has 3 N–H and O–H groups in total. The number of aryl methyl sites for hydroxylation is 1. The van der Waals surface area contributed by atoms with Crippen LogP contribution in [0.5, 0.6) is 0 Å². The van der Waals surface area contributed by atoms with E-state index in [0.29, 0.717) is 12.3 Å². The average Bonchev–Trinajstić information content (AvgIpc) is 2.38. The van der Waals surface area contributed by atoms with Crippen molar-refractivity contribution in [3.63, 3.8) is 0 Å². The van der Waals surface area contributed by atoms with Crippen LogP contribution in [0.25, 0.3) is 0 Å². The minimum Gasteiger partial charge on any atom is -0.481 e. The Labute approximate surface area is 113 Å². The van der Waals surface area contributed by atoms with Crippen LogP contribution in [0.2, 0.25) is 0 Å². The van der Waals surface area contributed by atoms with E-state index in [1.807, 2.05) is 0 Å². The smallest absolute Gasteiger partial charge is 0.307 e. The van der Waals surface area contributed by atoms with E-state index < -0.39 is 11.9 Å². The van der Waals surface area contributed by atoms with E-state index in [1.165, 1.54) is 12.1 Å². The SMILES string of the molecule is C[C@@H](CCCc1ccc(F)cc1)C[C@H](CN)C(=O)O. The molecule has 0 aromatic heterocycles. The summed E-state index contributed by atoms with van der Waals surface area (Å²) in [4.78, 5) is 10.9. The third-order valence-corrected chi connectivity index (χ3v) is 3.40. The number of nitrogens with two attached hydrogens (primary N) is 1. The van der Waals surface area contributed by atoms with Crippen LogP contribution in [0, 0.1) is 17.7 Å². The van der Waals surface area contributed by atoms with Crippen molar-refractivity contribution in [3.05, 3.63) is 35.6 Å². The molecule has 0 amide bonds. The lowest BCUT2D eigenvalue weighted by Crippen LogP contribution is -2.25. The molecule has 0 bridgehead atoms. The molecule has 0 spiro atoms. The molecule has 0 fully saturated rings. The summed E-state index contributed by atoms with van der Waals surface area (Å²) < 4.78 is 12.7. The second-order valence-corrected chi connectivity index (χ2v) is 5.13. The minimum absolute atomic E-state index is 0.192. The zero-order valence-corrected chi connectivity index (χ0v) is 11.3. The molecule has 0 aliphatic heterocycles. The molecule has 1 aromatic carbocycles. The van der Waals surface area contributed by atoms with Gasteiger partial charge in [-0.3, -0.25) is 4.79 Å². The quantitative estimate of drug-likeness (QED) is 0.761. The molecule has 1 rings (SSSR count). The molecule has 1 aromatic rings. The number of carboxylic acid groups (broad SMARTS) is 1. The first kappa shape index (κ1) is 15.6. The van der Waals surface area contributed by atoms with E-state index in [0.717, 1.165) is 24.8 Å². The lowest BCUT2D eigenvalue weighted by atomic mass is 9.91. The molecule has 0 radical (unpaired) electrons. The fourth-order valence-corrected chi connectivity index (χ4v) is 2.21. The first-order chi connectivity index (χ1) is 9.02. The van der Waals surface area contributed by atoms with Crippen molar-refractivity contribution < 1.29 is 14.3 Å². The number of carboxylic acids is 1. The van der Waals surface area contributed by atoms with Gasteiger partial charge >= 0.3 is 5.97 Å². The van der Waals surface area contributed by atoms with Crippen LogP contribution < -0.4 is 5.73 Å². The second kappa shape index (κ2) is 7.89. The zero-order chi connectivity index (χ0) is 14.3. The Bertz CT molecular complexity index is 392. The molecule has 0 saturated carbocycles. The molecule has 2 atom stereocenters. The van der Waals surface area contributed by atoms with Crippen molar-refractivity contribution >= 4 is 5.97 Å². The number of aliphatic carboxylic acids is 1. The molecule has 3 nitrogen and oxygen atoms in total. The molecular weight excluding hydrogens is 245 g/mol. The first-order valence-corrected chi connectivity index (χ1v) is 6.70. The first-order valence-electron chi connectivity index (χ1n) is 6.70. The Morgan fingerprint density at radius 3 is 2.53 bits per heavy atom. The van der Waals surface area contributed by atoms with E-state index in [1.54, 1.807) is 12.1 Å². The highest BCUT2D eigenvalue weighted by Gasteiger charge is 2.18. The predicted octanol–water partition coefficient (Wildman–Crippen LogP) is 2.83. The van der Waals surface area contributed by atoms with Crippen LogP contribution in [0.4, 0.5) is 4.39 Å². The fraction of sp³-hybridized carbons (Fsp3) is 0.533. The molecule has 106 valence electrons. The minimum atomic E-state index is -0.812. The van der Waals surface area contributed by atoms with E-state index in [9.17, 15) is 9.18 Å². The normalized spacial score (nSPS) is 14.1. The highest BCUT2D eigenvalue weighted by Crippen LogP contribution is 2.18. The summed E-state index contributed by atoms with van der Waals surface area (Å²) in [5, 5.41) is 8.94. The van der Waals surface area contributed by atoms with Crippen molar-refractivity contribution in [1.82, 2.24) is 0 Å². The summed E-state index contributed by atoms with van der Waals surface area (Å²) in [6, 6.07) is 6.52. The lowest BCUT2D eigenvalue weighted by Gasteiger charge is -2.16. The standard InChI is InChI=1S/C15H22FNO2/c1-11(9-13(10-17)15(18)19)3-2-4-12-5-7-14(16)8-6-12/h5-8,11,13H,2-4,9-10,17H2,1H3,(H,18,19)/t11-,13+/m0/s1. The monoisotopic (exact) mass is 267 g/mol. The Hall–Kier alpha value is -1.42. The molecule has 0 heterocycles. The topological polar surface area (TPSA) is 63.3 Å². The Morgan fingerprint density at radius 1 is 1.37 bits per heavy atom. The van der Waals surface area contributed by atoms with Crippen molar-refractivity contribution in [3.8, 4) is 0 Å². The van der Waals surface area contributed by atoms with Crippen molar-refractivity contribution in [1.29, 1.82) is 0 Å². The van der Waals surface area contributed by atoms with Crippen molar-refractivity contribution in [2.24, 2.45) is 17.6 Å². The van der Waals surface area contributed by atoms with Crippen LogP contribution in [0.3, 0.4) is 0 Å². The van der Waals surface area contributed by atoms with Gasteiger partial charge in [-0.15, -0.1) is 0 Å². The summed E-state index contributed by atoms with van der Waals surface area (Å²) >= 11 is 0. The van der Waals surface area contributed by atoms with Crippen LogP contribution in [0.1, 0.15) is 31.7 Å². The third-order valence-electron chi connectivity index (χ3n) is 3.40. The maximum atomic E-state index is 12.7. The number of hydrogen-bond acceptors (Lipinski definition) is 2. The van der Waals surface area contributed by atoms with Crippen LogP contribution in [-0.4, -0.2) is 17.6 Å². The van der Waals surface area contributed by atoms with Crippen LogP contribution in [0.15, 0.2) is 24.3 Å². The van der Waals surface area contributed by atoms with Gasteiger partial charge in [-0.05, 0) is 42.9 Å². The molecule has 0 aliphatic carbocycles. The van der Waals surface area contributed by atoms with Gasteiger partial charge in [0, 0.05) is 6.54 Å². The number of rotatable bonds is 8. The maximum absolute atomic E-state index is 12.7. The highest BCUT2D eigenvalue weighted by atomic mass is 19.1. The van der Waals surface area contributed by atoms with Gasteiger partial charge in [-0.2, -0.15) is 0 Å². The summed E-state index contributed by atoms with van der Waals surface area (Å²) in [7, 11) is 0. The van der Waals surface area contributed by atoms with E-state index in [4.69, 9.17) is 10.8 Å². The Kier molecular flexibility index (Phi) is 6.50. The molecular formula is C15H22FNO2. The molecule has 0 saturated heterocycles. The van der Waals surface area contributed by atoms with Gasteiger partial charge in [-0.1, -0.05) is 25.5 Å². The summed E-state index contributed by atoms with van der Waals surface area (Å²) in [6.07, 6.45) is 3.45. The summed E-state index contributed by atoms with van der Waals surface area (Å²) in [5.41, 5.74) is 6.55. The predicted molar refractivity (Wildman–Crippen MR) is 73.3 cm³/mol. The van der Waals surface area contributed by atoms with Crippen molar-refractivity contribution in [2.75, 3.05) is 6.54 Å². The Morgan fingerprint density at radius 2 is 2.00 bits per heavy atom. The third kappa shape index (κ3) is 5.83. The van der Waals surface area contributed by atoms with Gasteiger partial charge in [0.2, 0.25) is 0 Å². The van der Waals surface area contributed by atoms with Crippen LogP contribution >= 0.6 is 0 Å². The molecule has 4 heteroatoms. The van der Waals surface area contributed by atoms with Gasteiger partial charge in [-0.25, -0.2) is 4.39 Å². The number of benzene rings is 1. The molecule has 19 heavy (non-hydrogen) atoms. The number of halogens is 1. The largest absolute Gasteiger partial charge is 0.481 e. The van der Waals surface area contributed by atoms with Crippen LogP contribution in [-0.2, 0) is 11.2 Å². The maximum Gasteiger partial charge on any atom is 0.307 e. The van der Waals surface area contributed by atoms with E-state index >= 15 is 0 Å². The van der Waals surface area contributed by atoms with Gasteiger partial charge in [0.25, 0.3) is 0 Å². The number of carbonyl (C=O) groups is 1. The second-order valence-electron chi connectivity index (χ2n) is 5.13. The highest BCUT2D eigenvalue weighted by molar-refractivity contribution is 5.70. The van der Waals surface area contributed by atoms with Gasteiger partial charge < -0.3 is 10.8 Å². The number of hydrogen-bond donors (Lipinski definition) is 2. The summed E-state index contributed by atoms with van der Waals surface area (Å²) in [6.45, 7) is 2.24. The van der Waals surface area contributed by atoms with Gasteiger partial charge in [0.05, 0.1) is 5.92 Å². The summed E-state index contributed by atoms with van der Waals surface area (Å²) in [5.74, 6) is -1.14. The lowest BCUT2D eigenvalue weighted by molar-refractivity contribution is -0.141. The van der Waals surface area contributed by atoms with Gasteiger partial charge in [0.1, 0.15) is 5.82 Å². The molecule has 0 aliphatic rings. The Balaban J connectivity index is 2.28. The van der Waals surface area contributed by atoms with E-state index in [-0.39, 0.29) is 12.4 Å². The zero-order valence-electron chi connectivity index (χ0n) is 11.3. The van der Waals surface area contributed by atoms with E-state index in [2.05, 4.69) is 6.92 Å². The van der Waals surface area contributed by atoms with Crippen molar-refractivity contribution in [2.45, 2.75) is 32.6 Å². The average molecular weight is 267 g/mol.